The summed E-state index contributed by atoms with van der Waals surface area (Å²) in [7, 11) is 1.65. The van der Waals surface area contributed by atoms with Crippen molar-refractivity contribution >= 4 is 11.5 Å². The average Bonchev–Trinajstić information content (AvgIpc) is 2.93. The van der Waals surface area contributed by atoms with Crippen LogP contribution in [0.5, 0.6) is 5.75 Å². The lowest BCUT2D eigenvalue weighted by Gasteiger charge is -2.17. The molecule has 0 spiro atoms. The van der Waals surface area contributed by atoms with E-state index in [0.717, 1.165) is 36.4 Å². The smallest absolute Gasteiger partial charge is 0.137 e. The number of hydrogen-bond acceptors (Lipinski definition) is 6. The van der Waals surface area contributed by atoms with Gasteiger partial charge in [-0.25, -0.2) is 0 Å². The van der Waals surface area contributed by atoms with Gasteiger partial charge in [-0.05, 0) is 36.1 Å². The Kier molecular flexibility index (Phi) is 5.43. The molecule has 0 aliphatic heterocycles. The van der Waals surface area contributed by atoms with Crippen LogP contribution in [0.4, 0.5) is 0 Å². The van der Waals surface area contributed by atoms with E-state index in [9.17, 15) is 0 Å². The molecule has 0 aromatic carbocycles. The second kappa shape index (κ2) is 7.31. The van der Waals surface area contributed by atoms with Gasteiger partial charge < -0.3 is 10.1 Å². The number of ether oxygens (including phenoxy) is 1. The minimum absolute atomic E-state index is 0.0733. The first-order chi connectivity index (χ1) is 9.80. The summed E-state index contributed by atoms with van der Waals surface area (Å²) in [5, 5.41) is 7.74. The van der Waals surface area contributed by atoms with E-state index >= 15 is 0 Å². The third-order valence-electron chi connectivity index (χ3n) is 3.05. The second-order valence-electron chi connectivity index (χ2n) is 4.48. The fraction of sp³-hybridized carbons (Fsp3) is 0.500. The summed E-state index contributed by atoms with van der Waals surface area (Å²) >= 11 is 1.45. The SMILES string of the molecule is CCCc1nnsc1C(NCC)c1cncc(OC)c1. The summed E-state index contributed by atoms with van der Waals surface area (Å²) in [6.07, 6.45) is 5.59. The molecule has 1 N–H and O–H groups in total. The van der Waals surface area contributed by atoms with Crippen molar-refractivity contribution in [3.05, 3.63) is 34.6 Å². The van der Waals surface area contributed by atoms with E-state index in [0.29, 0.717) is 0 Å². The summed E-state index contributed by atoms with van der Waals surface area (Å²) in [4.78, 5) is 5.41. The molecule has 2 aromatic rings. The summed E-state index contributed by atoms with van der Waals surface area (Å²) in [6, 6.07) is 2.08. The quantitative estimate of drug-likeness (QED) is 0.850. The van der Waals surface area contributed by atoms with Gasteiger partial charge in [0.1, 0.15) is 5.75 Å². The molecule has 5 nitrogen and oxygen atoms in total. The van der Waals surface area contributed by atoms with Gasteiger partial charge in [-0.3, -0.25) is 4.98 Å². The lowest BCUT2D eigenvalue weighted by molar-refractivity contribution is 0.411. The first kappa shape index (κ1) is 14.9. The third-order valence-corrected chi connectivity index (χ3v) is 3.88. The van der Waals surface area contributed by atoms with Crippen molar-refractivity contribution in [2.45, 2.75) is 32.7 Å². The molecule has 0 fully saturated rings. The van der Waals surface area contributed by atoms with Crippen molar-refractivity contribution in [2.75, 3.05) is 13.7 Å². The van der Waals surface area contributed by atoms with E-state index in [1.165, 1.54) is 16.4 Å². The van der Waals surface area contributed by atoms with E-state index in [2.05, 4.69) is 33.7 Å². The largest absolute Gasteiger partial charge is 0.495 e. The highest BCUT2D eigenvalue weighted by Gasteiger charge is 2.20. The first-order valence-corrected chi connectivity index (χ1v) is 7.60. The van der Waals surface area contributed by atoms with Crippen molar-refractivity contribution in [3.63, 3.8) is 0 Å². The Morgan fingerprint density at radius 1 is 1.35 bits per heavy atom. The summed E-state index contributed by atoms with van der Waals surface area (Å²) in [6.45, 7) is 5.11. The molecular formula is C14H20N4OS. The van der Waals surface area contributed by atoms with Gasteiger partial charge in [0.05, 0.1) is 29.9 Å². The molecule has 1 atom stereocenters. The highest BCUT2D eigenvalue weighted by atomic mass is 32.1. The predicted octanol–water partition coefficient (Wildman–Crippen LogP) is 2.59. The maximum Gasteiger partial charge on any atom is 0.137 e. The maximum absolute atomic E-state index is 5.26. The molecule has 20 heavy (non-hydrogen) atoms. The molecule has 0 saturated heterocycles. The fourth-order valence-electron chi connectivity index (χ4n) is 2.12. The Morgan fingerprint density at radius 2 is 2.20 bits per heavy atom. The molecule has 2 heterocycles. The fourth-order valence-corrected chi connectivity index (χ4v) is 2.92. The number of rotatable bonds is 7. The van der Waals surface area contributed by atoms with Crippen LogP contribution in [0, 0.1) is 0 Å². The number of methoxy groups -OCH3 is 1. The van der Waals surface area contributed by atoms with Crippen LogP contribution in [0.1, 0.15) is 42.4 Å². The average molecular weight is 292 g/mol. The zero-order valence-electron chi connectivity index (χ0n) is 12.1. The highest BCUT2D eigenvalue weighted by Crippen LogP contribution is 2.29. The Labute approximate surface area is 123 Å². The lowest BCUT2D eigenvalue weighted by atomic mass is 10.0. The van der Waals surface area contributed by atoms with E-state index < -0.39 is 0 Å². The molecule has 6 heteroatoms. The van der Waals surface area contributed by atoms with E-state index in [-0.39, 0.29) is 6.04 Å². The summed E-state index contributed by atoms with van der Waals surface area (Å²) in [5.74, 6) is 0.764. The number of nitrogens with zero attached hydrogens (tertiary/aromatic N) is 3. The van der Waals surface area contributed by atoms with Gasteiger partial charge >= 0.3 is 0 Å². The van der Waals surface area contributed by atoms with E-state index in [4.69, 9.17) is 4.74 Å². The molecule has 0 radical (unpaired) electrons. The molecule has 0 bridgehead atoms. The molecule has 1 unspecified atom stereocenters. The van der Waals surface area contributed by atoms with Gasteiger partial charge in [-0.15, -0.1) is 5.10 Å². The second-order valence-corrected chi connectivity index (χ2v) is 5.27. The van der Waals surface area contributed by atoms with E-state index in [1.54, 1.807) is 13.3 Å². The molecular weight excluding hydrogens is 272 g/mol. The molecule has 0 aliphatic carbocycles. The zero-order chi connectivity index (χ0) is 14.4. The van der Waals surface area contributed by atoms with Crippen LogP contribution in [-0.2, 0) is 6.42 Å². The molecule has 0 saturated carbocycles. The van der Waals surface area contributed by atoms with Crippen LogP contribution in [0.2, 0.25) is 0 Å². The maximum atomic E-state index is 5.26. The van der Waals surface area contributed by atoms with Crippen molar-refractivity contribution in [3.8, 4) is 5.75 Å². The van der Waals surface area contributed by atoms with Crippen LogP contribution in [-0.4, -0.2) is 28.2 Å². The van der Waals surface area contributed by atoms with Crippen LogP contribution < -0.4 is 10.1 Å². The Balaban J connectivity index is 2.36. The lowest BCUT2D eigenvalue weighted by Crippen LogP contribution is -2.22. The van der Waals surface area contributed by atoms with E-state index in [1.807, 2.05) is 12.3 Å². The van der Waals surface area contributed by atoms with Gasteiger partial charge in [0, 0.05) is 6.20 Å². The van der Waals surface area contributed by atoms with Crippen molar-refractivity contribution < 1.29 is 4.74 Å². The Morgan fingerprint density at radius 3 is 2.90 bits per heavy atom. The van der Waals surface area contributed by atoms with Crippen LogP contribution >= 0.6 is 11.5 Å². The van der Waals surface area contributed by atoms with Crippen LogP contribution in [0.3, 0.4) is 0 Å². The van der Waals surface area contributed by atoms with Gasteiger partial charge in [-0.2, -0.15) is 0 Å². The predicted molar refractivity (Wildman–Crippen MR) is 80.2 cm³/mol. The highest BCUT2D eigenvalue weighted by molar-refractivity contribution is 7.05. The van der Waals surface area contributed by atoms with Crippen molar-refractivity contribution in [1.29, 1.82) is 0 Å². The van der Waals surface area contributed by atoms with Crippen LogP contribution in [0.15, 0.2) is 18.5 Å². The topological polar surface area (TPSA) is 59.9 Å². The van der Waals surface area contributed by atoms with Crippen molar-refractivity contribution in [1.82, 2.24) is 19.9 Å². The zero-order valence-corrected chi connectivity index (χ0v) is 12.9. The standard InChI is InChI=1S/C14H20N4OS/c1-4-6-12-14(20-18-17-12)13(16-5-2)10-7-11(19-3)9-15-8-10/h7-9,13,16H,4-6H2,1-3H3. The normalized spacial score (nSPS) is 12.3. The summed E-state index contributed by atoms with van der Waals surface area (Å²) < 4.78 is 9.37. The minimum Gasteiger partial charge on any atom is -0.495 e. The number of hydrogen-bond donors (Lipinski definition) is 1. The molecule has 2 aromatic heterocycles. The molecule has 0 aliphatic rings. The molecule has 2 rings (SSSR count). The molecule has 0 amide bonds. The molecule has 108 valence electrons. The Hall–Kier alpha value is -1.53. The first-order valence-electron chi connectivity index (χ1n) is 6.83. The van der Waals surface area contributed by atoms with Gasteiger partial charge in [0.25, 0.3) is 0 Å². The number of aromatic nitrogens is 3. The monoisotopic (exact) mass is 292 g/mol. The summed E-state index contributed by atoms with van der Waals surface area (Å²) in [5.41, 5.74) is 2.15. The van der Waals surface area contributed by atoms with Crippen molar-refractivity contribution in [2.24, 2.45) is 0 Å². The van der Waals surface area contributed by atoms with Crippen LogP contribution in [0.25, 0.3) is 0 Å². The number of pyridine rings is 1. The van der Waals surface area contributed by atoms with Gasteiger partial charge in [-0.1, -0.05) is 24.8 Å². The number of nitrogens with one attached hydrogen (secondary N) is 1. The third kappa shape index (κ3) is 3.32. The Bertz CT molecular complexity index is 543. The number of aryl methyl sites for hydroxylation is 1. The van der Waals surface area contributed by atoms with Gasteiger partial charge in [0.2, 0.25) is 0 Å². The minimum atomic E-state index is 0.0733. The van der Waals surface area contributed by atoms with Gasteiger partial charge in [0.15, 0.2) is 0 Å².